The van der Waals surface area contributed by atoms with E-state index in [0.29, 0.717) is 5.56 Å². The Balaban J connectivity index is 2.02. The number of allylic oxidation sites excluding steroid dienone is 1. The first-order chi connectivity index (χ1) is 8.77. The highest BCUT2D eigenvalue weighted by atomic mass is 79.9. The predicted molar refractivity (Wildman–Crippen MR) is 77.7 cm³/mol. The van der Waals surface area contributed by atoms with Crippen LogP contribution in [0.3, 0.4) is 0 Å². The molecule has 0 atom stereocenters. The highest BCUT2D eigenvalue weighted by Crippen LogP contribution is 2.16. The summed E-state index contributed by atoms with van der Waals surface area (Å²) in [6.07, 6.45) is 3.17. The molecule has 0 aromatic heterocycles. The van der Waals surface area contributed by atoms with E-state index in [2.05, 4.69) is 21.2 Å². The van der Waals surface area contributed by atoms with E-state index in [9.17, 15) is 4.79 Å². The van der Waals surface area contributed by atoms with Gasteiger partial charge in [0.15, 0.2) is 5.78 Å². The summed E-state index contributed by atoms with van der Waals surface area (Å²) in [6, 6.07) is 17.1. The normalized spacial score (nSPS) is 10.5. The van der Waals surface area contributed by atoms with Crippen molar-refractivity contribution >= 4 is 27.4 Å². The Labute approximate surface area is 114 Å². The minimum absolute atomic E-state index is 0.0362. The van der Waals surface area contributed by atoms with Gasteiger partial charge in [-0.05, 0) is 24.3 Å². The van der Waals surface area contributed by atoms with Crippen molar-refractivity contribution in [1.29, 1.82) is 0 Å². The van der Waals surface area contributed by atoms with Gasteiger partial charge in [-0.3, -0.25) is 4.79 Å². The third-order valence-electron chi connectivity index (χ3n) is 2.40. The number of carbonyl (C=O) groups is 1. The number of benzene rings is 2. The van der Waals surface area contributed by atoms with Crippen LogP contribution in [0.4, 0.5) is 5.69 Å². The van der Waals surface area contributed by atoms with Gasteiger partial charge in [0.05, 0.1) is 0 Å². The van der Waals surface area contributed by atoms with Gasteiger partial charge in [-0.25, -0.2) is 0 Å². The molecular formula is C15H12BrNO. The average molecular weight is 302 g/mol. The Morgan fingerprint density at radius 3 is 2.39 bits per heavy atom. The topological polar surface area (TPSA) is 29.1 Å². The largest absolute Gasteiger partial charge is 0.362 e. The SMILES string of the molecule is O=C(C=CNc1ccccc1)c1ccccc1Br. The third kappa shape index (κ3) is 3.31. The second kappa shape index (κ2) is 6.17. The maximum Gasteiger partial charge on any atom is 0.188 e. The van der Waals surface area contributed by atoms with Gasteiger partial charge in [-0.2, -0.15) is 0 Å². The molecule has 0 aliphatic carbocycles. The summed E-state index contributed by atoms with van der Waals surface area (Å²) in [4.78, 5) is 11.9. The zero-order valence-corrected chi connectivity index (χ0v) is 11.2. The lowest BCUT2D eigenvalue weighted by Crippen LogP contribution is -1.97. The molecule has 0 radical (unpaired) electrons. The molecule has 0 aliphatic heterocycles. The van der Waals surface area contributed by atoms with Gasteiger partial charge in [0.25, 0.3) is 0 Å². The maximum atomic E-state index is 11.9. The summed E-state index contributed by atoms with van der Waals surface area (Å²) < 4.78 is 0.805. The Bertz CT molecular complexity index is 564. The highest BCUT2D eigenvalue weighted by Gasteiger charge is 2.04. The van der Waals surface area contributed by atoms with Gasteiger partial charge in [-0.15, -0.1) is 0 Å². The Morgan fingerprint density at radius 2 is 1.67 bits per heavy atom. The van der Waals surface area contributed by atoms with E-state index >= 15 is 0 Å². The zero-order valence-electron chi connectivity index (χ0n) is 9.64. The molecule has 3 heteroatoms. The fraction of sp³-hybridized carbons (Fsp3) is 0. The van der Waals surface area contributed by atoms with Crippen LogP contribution in [-0.2, 0) is 0 Å². The molecule has 0 fully saturated rings. The van der Waals surface area contributed by atoms with Crippen LogP contribution in [0.1, 0.15) is 10.4 Å². The fourth-order valence-corrected chi connectivity index (χ4v) is 1.98. The molecule has 18 heavy (non-hydrogen) atoms. The smallest absolute Gasteiger partial charge is 0.188 e. The van der Waals surface area contributed by atoms with E-state index in [-0.39, 0.29) is 5.78 Å². The average Bonchev–Trinajstić information content (AvgIpc) is 2.40. The van der Waals surface area contributed by atoms with Gasteiger partial charge >= 0.3 is 0 Å². The predicted octanol–water partition coefficient (Wildman–Crippen LogP) is 4.26. The summed E-state index contributed by atoms with van der Waals surface area (Å²) in [6.45, 7) is 0. The molecule has 2 aromatic carbocycles. The molecule has 0 saturated heterocycles. The lowest BCUT2D eigenvalue weighted by Gasteiger charge is -2.00. The first-order valence-electron chi connectivity index (χ1n) is 5.54. The summed E-state index contributed by atoms with van der Waals surface area (Å²) in [5.74, 6) is -0.0362. The first kappa shape index (κ1) is 12.6. The van der Waals surface area contributed by atoms with Crippen molar-refractivity contribution in [3.8, 4) is 0 Å². The summed E-state index contributed by atoms with van der Waals surface area (Å²) >= 11 is 3.36. The number of halogens is 1. The van der Waals surface area contributed by atoms with E-state index in [1.165, 1.54) is 6.08 Å². The number of nitrogens with one attached hydrogen (secondary N) is 1. The lowest BCUT2D eigenvalue weighted by atomic mass is 10.1. The van der Waals surface area contributed by atoms with Crippen LogP contribution in [0.15, 0.2) is 71.3 Å². The monoisotopic (exact) mass is 301 g/mol. The van der Waals surface area contributed by atoms with Gasteiger partial charge in [-0.1, -0.05) is 46.3 Å². The molecule has 0 unspecified atom stereocenters. The molecular weight excluding hydrogens is 290 g/mol. The number of rotatable bonds is 4. The number of hydrogen-bond acceptors (Lipinski definition) is 2. The van der Waals surface area contributed by atoms with Crippen molar-refractivity contribution < 1.29 is 4.79 Å². The molecule has 2 nitrogen and oxygen atoms in total. The molecule has 0 heterocycles. The molecule has 0 spiro atoms. The molecule has 0 bridgehead atoms. The van der Waals surface area contributed by atoms with E-state index in [4.69, 9.17) is 0 Å². The van der Waals surface area contributed by atoms with Crippen molar-refractivity contribution in [2.45, 2.75) is 0 Å². The highest BCUT2D eigenvalue weighted by molar-refractivity contribution is 9.10. The molecule has 2 rings (SSSR count). The number of ketones is 1. The molecule has 90 valence electrons. The van der Waals surface area contributed by atoms with Crippen LogP contribution < -0.4 is 5.32 Å². The van der Waals surface area contributed by atoms with Crippen molar-refractivity contribution in [1.82, 2.24) is 0 Å². The summed E-state index contributed by atoms with van der Waals surface area (Å²) in [5.41, 5.74) is 1.61. The zero-order chi connectivity index (χ0) is 12.8. The van der Waals surface area contributed by atoms with E-state index < -0.39 is 0 Å². The van der Waals surface area contributed by atoms with Gasteiger partial charge in [0.1, 0.15) is 0 Å². The van der Waals surface area contributed by atoms with Gasteiger partial charge < -0.3 is 5.32 Å². The standard InChI is InChI=1S/C15H12BrNO/c16-14-9-5-4-8-13(14)15(18)10-11-17-12-6-2-1-3-7-12/h1-11,17H. The van der Waals surface area contributed by atoms with Gasteiger partial charge in [0, 0.05) is 28.0 Å². The molecule has 2 aromatic rings. The van der Waals surface area contributed by atoms with Crippen LogP contribution >= 0.6 is 15.9 Å². The van der Waals surface area contributed by atoms with Gasteiger partial charge in [0.2, 0.25) is 0 Å². The molecule has 1 N–H and O–H groups in total. The van der Waals surface area contributed by atoms with E-state index in [0.717, 1.165) is 10.2 Å². The Hall–Kier alpha value is -1.87. The number of para-hydroxylation sites is 1. The number of hydrogen-bond donors (Lipinski definition) is 1. The van der Waals surface area contributed by atoms with Crippen LogP contribution in [0, 0.1) is 0 Å². The quantitative estimate of drug-likeness (QED) is 0.675. The molecule has 0 saturated carbocycles. The minimum Gasteiger partial charge on any atom is -0.362 e. The van der Waals surface area contributed by atoms with Crippen LogP contribution in [0.5, 0.6) is 0 Å². The second-order valence-corrected chi connectivity index (χ2v) is 4.54. The second-order valence-electron chi connectivity index (χ2n) is 3.69. The maximum absolute atomic E-state index is 11.9. The van der Waals surface area contributed by atoms with E-state index in [1.807, 2.05) is 48.5 Å². The third-order valence-corrected chi connectivity index (χ3v) is 3.09. The Morgan fingerprint density at radius 1 is 1.00 bits per heavy atom. The molecule has 0 aliphatic rings. The van der Waals surface area contributed by atoms with E-state index in [1.54, 1.807) is 12.3 Å². The molecule has 0 amide bonds. The lowest BCUT2D eigenvalue weighted by molar-refractivity contribution is 0.104. The number of anilines is 1. The van der Waals surface area contributed by atoms with Crippen LogP contribution in [-0.4, -0.2) is 5.78 Å². The minimum atomic E-state index is -0.0362. The summed E-state index contributed by atoms with van der Waals surface area (Å²) in [5, 5.41) is 3.05. The fourth-order valence-electron chi connectivity index (χ4n) is 1.50. The summed E-state index contributed by atoms with van der Waals surface area (Å²) in [7, 11) is 0. The van der Waals surface area contributed by atoms with Crippen molar-refractivity contribution in [3.63, 3.8) is 0 Å². The van der Waals surface area contributed by atoms with Crippen molar-refractivity contribution in [2.24, 2.45) is 0 Å². The van der Waals surface area contributed by atoms with Crippen molar-refractivity contribution in [3.05, 3.63) is 76.9 Å². The van der Waals surface area contributed by atoms with Crippen LogP contribution in [0.2, 0.25) is 0 Å². The first-order valence-corrected chi connectivity index (χ1v) is 6.33. The van der Waals surface area contributed by atoms with Crippen LogP contribution in [0.25, 0.3) is 0 Å². The Kier molecular flexibility index (Phi) is 4.31. The number of carbonyl (C=O) groups excluding carboxylic acids is 1. The van der Waals surface area contributed by atoms with Crippen molar-refractivity contribution in [2.75, 3.05) is 5.32 Å².